The molecule has 110 valence electrons. The Balaban J connectivity index is 2.59. The van der Waals surface area contributed by atoms with Crippen LogP contribution in [0.2, 0.25) is 0 Å². The molecule has 2 N–H and O–H groups in total. The first kappa shape index (κ1) is 16.0. The first-order valence-electron chi connectivity index (χ1n) is 6.28. The number of nitrogens with zero attached hydrogens (tertiary/aromatic N) is 1. The van der Waals surface area contributed by atoms with Gasteiger partial charge in [-0.25, -0.2) is 4.39 Å². The minimum atomic E-state index is -0.795. The van der Waals surface area contributed by atoms with E-state index in [2.05, 4.69) is 5.32 Å². The van der Waals surface area contributed by atoms with Crippen molar-refractivity contribution in [3.63, 3.8) is 0 Å². The third-order valence-electron chi connectivity index (χ3n) is 2.88. The Morgan fingerprint density at radius 2 is 2.25 bits per heavy atom. The monoisotopic (exact) mass is 284 g/mol. The summed E-state index contributed by atoms with van der Waals surface area (Å²) in [7, 11) is 0. The third kappa shape index (κ3) is 4.58. The van der Waals surface area contributed by atoms with Gasteiger partial charge in [0.15, 0.2) is 0 Å². The van der Waals surface area contributed by atoms with Crippen molar-refractivity contribution in [3.05, 3.63) is 39.7 Å². The summed E-state index contributed by atoms with van der Waals surface area (Å²) >= 11 is 0. The number of non-ortho nitro benzene ring substituents is 1. The number of carbonyl (C=O) groups is 1. The van der Waals surface area contributed by atoms with Gasteiger partial charge in [0.1, 0.15) is 5.82 Å². The lowest BCUT2D eigenvalue weighted by molar-refractivity contribution is -0.384. The van der Waals surface area contributed by atoms with Gasteiger partial charge in [-0.15, -0.1) is 0 Å². The number of nitro benzene ring substituents is 1. The molecule has 0 aromatic heterocycles. The van der Waals surface area contributed by atoms with Gasteiger partial charge >= 0.3 is 0 Å². The van der Waals surface area contributed by atoms with Gasteiger partial charge in [0, 0.05) is 25.3 Å². The van der Waals surface area contributed by atoms with E-state index < -0.39 is 16.6 Å². The molecule has 0 heterocycles. The smallest absolute Gasteiger partial charge is 0.270 e. The van der Waals surface area contributed by atoms with Crippen molar-refractivity contribution in [2.45, 2.75) is 19.8 Å². The van der Waals surface area contributed by atoms with Crippen LogP contribution in [-0.4, -0.2) is 29.1 Å². The van der Waals surface area contributed by atoms with E-state index in [1.54, 1.807) is 0 Å². The molecule has 0 saturated heterocycles. The van der Waals surface area contributed by atoms with Gasteiger partial charge in [-0.1, -0.05) is 6.92 Å². The Labute approximate surface area is 115 Å². The van der Waals surface area contributed by atoms with Crippen molar-refractivity contribution < 1.29 is 19.2 Å². The van der Waals surface area contributed by atoms with Crippen molar-refractivity contribution in [1.82, 2.24) is 5.32 Å². The molecule has 0 radical (unpaired) electrons. The van der Waals surface area contributed by atoms with Gasteiger partial charge in [0.25, 0.3) is 11.6 Å². The highest BCUT2D eigenvalue weighted by atomic mass is 19.1. The molecular weight excluding hydrogens is 267 g/mol. The molecule has 0 saturated carbocycles. The quantitative estimate of drug-likeness (QED) is 0.454. The first-order valence-corrected chi connectivity index (χ1v) is 6.28. The van der Waals surface area contributed by atoms with E-state index in [1.165, 1.54) is 0 Å². The summed E-state index contributed by atoms with van der Waals surface area (Å²) < 4.78 is 13.5. The zero-order chi connectivity index (χ0) is 15.1. The molecule has 0 bridgehead atoms. The molecule has 0 aliphatic rings. The zero-order valence-electron chi connectivity index (χ0n) is 11.1. The number of carbonyl (C=O) groups excluding carboxylic acids is 1. The fraction of sp³-hybridized carbons (Fsp3) is 0.462. The number of benzene rings is 1. The normalized spacial score (nSPS) is 11.9. The van der Waals surface area contributed by atoms with Crippen molar-refractivity contribution >= 4 is 11.6 Å². The predicted molar refractivity (Wildman–Crippen MR) is 70.9 cm³/mol. The van der Waals surface area contributed by atoms with E-state index in [0.717, 1.165) is 24.6 Å². The second kappa shape index (κ2) is 7.54. The van der Waals surface area contributed by atoms with E-state index in [4.69, 9.17) is 5.11 Å². The van der Waals surface area contributed by atoms with Crippen LogP contribution in [0.3, 0.4) is 0 Å². The SMILES string of the molecule is CC(CO)CCCNC(=O)c1cc([N+](=O)[O-])ccc1F. The van der Waals surface area contributed by atoms with Crippen LogP contribution in [-0.2, 0) is 0 Å². The van der Waals surface area contributed by atoms with E-state index in [9.17, 15) is 19.3 Å². The Morgan fingerprint density at radius 3 is 2.85 bits per heavy atom. The molecule has 1 atom stereocenters. The van der Waals surface area contributed by atoms with E-state index in [0.29, 0.717) is 13.0 Å². The lowest BCUT2D eigenvalue weighted by atomic mass is 10.1. The highest BCUT2D eigenvalue weighted by Gasteiger charge is 2.16. The fourth-order valence-corrected chi connectivity index (χ4v) is 1.64. The lowest BCUT2D eigenvalue weighted by Crippen LogP contribution is -2.26. The molecule has 0 fully saturated rings. The molecule has 1 aromatic carbocycles. The predicted octanol–water partition coefficient (Wildman–Crippen LogP) is 1.87. The molecule has 20 heavy (non-hydrogen) atoms. The summed E-state index contributed by atoms with van der Waals surface area (Å²) in [4.78, 5) is 21.6. The van der Waals surface area contributed by atoms with Crippen LogP contribution in [0.25, 0.3) is 0 Å². The minimum absolute atomic E-state index is 0.0768. The summed E-state index contributed by atoms with van der Waals surface area (Å²) in [5.74, 6) is -1.33. The number of hydrogen-bond donors (Lipinski definition) is 2. The van der Waals surface area contributed by atoms with Gasteiger partial charge in [0.2, 0.25) is 0 Å². The van der Waals surface area contributed by atoms with Gasteiger partial charge in [-0.05, 0) is 24.8 Å². The van der Waals surface area contributed by atoms with Crippen LogP contribution in [0.1, 0.15) is 30.1 Å². The average molecular weight is 284 g/mol. The molecule has 0 aliphatic heterocycles. The second-order valence-corrected chi connectivity index (χ2v) is 4.61. The maximum Gasteiger partial charge on any atom is 0.270 e. The number of aliphatic hydroxyl groups excluding tert-OH is 1. The second-order valence-electron chi connectivity index (χ2n) is 4.61. The standard InChI is InChI=1S/C13H17FN2O4/c1-9(8-17)3-2-6-15-13(18)11-7-10(16(19)20)4-5-12(11)14/h4-5,7,9,17H,2-3,6,8H2,1H3,(H,15,18). The molecule has 1 aromatic rings. The lowest BCUT2D eigenvalue weighted by Gasteiger charge is -2.09. The summed E-state index contributed by atoms with van der Waals surface area (Å²) in [6.07, 6.45) is 1.37. The van der Waals surface area contributed by atoms with Crippen LogP contribution in [0.15, 0.2) is 18.2 Å². The van der Waals surface area contributed by atoms with Crippen LogP contribution in [0.4, 0.5) is 10.1 Å². The molecule has 1 rings (SSSR count). The van der Waals surface area contributed by atoms with Crippen LogP contribution in [0.5, 0.6) is 0 Å². The average Bonchev–Trinajstić information content (AvgIpc) is 2.43. The highest BCUT2D eigenvalue weighted by molar-refractivity contribution is 5.95. The maximum atomic E-state index is 13.5. The number of aliphatic hydroxyl groups is 1. The molecule has 0 aliphatic carbocycles. The number of nitro groups is 1. The van der Waals surface area contributed by atoms with Crippen molar-refractivity contribution in [1.29, 1.82) is 0 Å². The van der Waals surface area contributed by atoms with Gasteiger partial charge in [-0.2, -0.15) is 0 Å². The summed E-state index contributed by atoms with van der Waals surface area (Å²) in [6.45, 7) is 2.28. The van der Waals surface area contributed by atoms with Crippen molar-refractivity contribution in [2.75, 3.05) is 13.2 Å². The Bertz CT molecular complexity index is 493. The zero-order valence-corrected chi connectivity index (χ0v) is 11.1. The van der Waals surface area contributed by atoms with Crippen LogP contribution in [0, 0.1) is 21.8 Å². The fourth-order valence-electron chi connectivity index (χ4n) is 1.64. The maximum absolute atomic E-state index is 13.5. The topological polar surface area (TPSA) is 92.5 Å². The first-order chi connectivity index (χ1) is 9.45. The highest BCUT2D eigenvalue weighted by Crippen LogP contribution is 2.16. The molecular formula is C13H17FN2O4. The van der Waals surface area contributed by atoms with Crippen molar-refractivity contribution in [3.8, 4) is 0 Å². The molecule has 7 heteroatoms. The van der Waals surface area contributed by atoms with Gasteiger partial charge < -0.3 is 10.4 Å². The Morgan fingerprint density at radius 1 is 1.55 bits per heavy atom. The third-order valence-corrected chi connectivity index (χ3v) is 2.88. The summed E-state index contributed by atoms with van der Waals surface area (Å²) in [5, 5.41) is 21.9. The number of halogens is 1. The van der Waals surface area contributed by atoms with Gasteiger partial charge in [0.05, 0.1) is 10.5 Å². The largest absolute Gasteiger partial charge is 0.396 e. The van der Waals surface area contributed by atoms with E-state index in [-0.39, 0.29) is 23.8 Å². The minimum Gasteiger partial charge on any atom is -0.396 e. The molecule has 1 amide bonds. The molecule has 6 nitrogen and oxygen atoms in total. The molecule has 0 spiro atoms. The summed E-state index contributed by atoms with van der Waals surface area (Å²) in [5.41, 5.74) is -0.667. The van der Waals surface area contributed by atoms with Crippen LogP contribution < -0.4 is 5.32 Å². The van der Waals surface area contributed by atoms with E-state index >= 15 is 0 Å². The summed E-state index contributed by atoms with van der Waals surface area (Å²) in [6, 6.07) is 2.83. The number of nitrogens with one attached hydrogen (secondary N) is 1. The van der Waals surface area contributed by atoms with Gasteiger partial charge in [-0.3, -0.25) is 14.9 Å². The number of hydrogen-bond acceptors (Lipinski definition) is 4. The van der Waals surface area contributed by atoms with E-state index in [1.807, 2.05) is 6.92 Å². The number of rotatable bonds is 7. The number of amides is 1. The van der Waals surface area contributed by atoms with Crippen molar-refractivity contribution in [2.24, 2.45) is 5.92 Å². The Hall–Kier alpha value is -2.02. The molecule has 1 unspecified atom stereocenters. The van der Waals surface area contributed by atoms with Crippen LogP contribution >= 0.6 is 0 Å². The Kier molecular flexibility index (Phi) is 6.05.